The molecule has 1 aromatic heterocycles. The highest BCUT2D eigenvalue weighted by Crippen LogP contribution is 2.27. The van der Waals surface area contributed by atoms with Crippen LogP contribution in [0.15, 0.2) is 30.4 Å². The number of nitrogens with one attached hydrogen (secondary N) is 1. The molecule has 36 heavy (non-hydrogen) atoms. The third kappa shape index (κ3) is 8.93. The predicted octanol–water partition coefficient (Wildman–Crippen LogP) is 5.38. The Morgan fingerprint density at radius 1 is 1.17 bits per heavy atom. The number of ketones is 2. The van der Waals surface area contributed by atoms with E-state index in [0.29, 0.717) is 37.8 Å². The number of thiazole rings is 1. The molecule has 6 nitrogen and oxygen atoms in total. The maximum absolute atomic E-state index is 13.5. The van der Waals surface area contributed by atoms with E-state index in [9.17, 15) is 14.4 Å². The lowest BCUT2D eigenvalue weighted by molar-refractivity contribution is -0.130. The molecule has 0 spiro atoms. The SMILES string of the molecule is C=C(CN(C)C)C(=O)CC[C@@H](NC(=O)[C@@H](CC(=O)CC)Cc1nc2ccc(CC)cc2s1)[C@@H](C)CC. The summed E-state index contributed by atoms with van der Waals surface area (Å²) in [5.74, 6) is -0.296. The highest BCUT2D eigenvalue weighted by molar-refractivity contribution is 7.18. The van der Waals surface area contributed by atoms with Gasteiger partial charge in [-0.1, -0.05) is 46.8 Å². The number of benzene rings is 1. The van der Waals surface area contributed by atoms with Gasteiger partial charge in [0, 0.05) is 43.8 Å². The van der Waals surface area contributed by atoms with Gasteiger partial charge in [-0.05, 0) is 50.6 Å². The van der Waals surface area contributed by atoms with Crippen LogP contribution < -0.4 is 5.32 Å². The van der Waals surface area contributed by atoms with Crippen molar-refractivity contribution < 1.29 is 14.4 Å². The number of aromatic nitrogens is 1. The molecule has 1 aromatic carbocycles. The van der Waals surface area contributed by atoms with Gasteiger partial charge in [-0.2, -0.15) is 0 Å². The van der Waals surface area contributed by atoms with Crippen molar-refractivity contribution in [2.45, 2.75) is 78.7 Å². The fourth-order valence-electron chi connectivity index (χ4n) is 4.23. The van der Waals surface area contributed by atoms with E-state index in [1.807, 2.05) is 32.0 Å². The first kappa shape index (κ1) is 29.8. The lowest BCUT2D eigenvalue weighted by Gasteiger charge is -2.27. The largest absolute Gasteiger partial charge is 0.353 e. The number of nitrogens with zero attached hydrogens (tertiary/aromatic N) is 2. The summed E-state index contributed by atoms with van der Waals surface area (Å²) in [6.45, 7) is 12.6. The van der Waals surface area contributed by atoms with Crippen molar-refractivity contribution in [3.63, 3.8) is 0 Å². The zero-order valence-corrected chi connectivity index (χ0v) is 23.7. The first-order chi connectivity index (χ1) is 17.1. The number of amides is 1. The molecule has 7 heteroatoms. The van der Waals surface area contributed by atoms with E-state index in [2.05, 4.69) is 44.8 Å². The zero-order chi connectivity index (χ0) is 26.8. The van der Waals surface area contributed by atoms with Gasteiger partial charge in [0.2, 0.25) is 5.91 Å². The Labute approximate surface area is 220 Å². The molecule has 1 heterocycles. The molecule has 198 valence electrons. The smallest absolute Gasteiger partial charge is 0.224 e. The van der Waals surface area contributed by atoms with E-state index in [-0.39, 0.29) is 35.9 Å². The minimum atomic E-state index is -0.477. The molecule has 0 saturated heterocycles. The van der Waals surface area contributed by atoms with E-state index >= 15 is 0 Å². The monoisotopic (exact) mass is 513 g/mol. The maximum Gasteiger partial charge on any atom is 0.224 e. The van der Waals surface area contributed by atoms with Crippen molar-refractivity contribution in [3.05, 3.63) is 40.9 Å². The minimum absolute atomic E-state index is 0.0323. The standard InChI is InChI=1S/C29H43N3O3S/c1-8-19(4)24(13-14-26(34)20(5)18-32(6)7)31-29(35)22(16-23(33)10-3)17-28-30-25-12-11-21(9-2)15-27(25)36-28/h11-12,15,19,22,24H,5,8-10,13-14,16-18H2,1-4,6-7H3,(H,31,35)/t19-,22-,24+/m0/s1. The van der Waals surface area contributed by atoms with Crippen LogP contribution in [0.3, 0.4) is 0 Å². The third-order valence-corrected chi connectivity index (χ3v) is 7.85. The number of fused-ring (bicyclic) bond motifs is 1. The van der Waals surface area contributed by atoms with E-state index in [4.69, 9.17) is 4.98 Å². The molecule has 1 amide bonds. The van der Waals surface area contributed by atoms with Crippen LogP contribution in [0, 0.1) is 11.8 Å². The number of Topliss-reactive ketones (excluding diaryl/α,β-unsaturated/α-hetero) is 2. The molecule has 3 atom stereocenters. The van der Waals surface area contributed by atoms with Crippen molar-refractivity contribution in [1.82, 2.24) is 15.2 Å². The van der Waals surface area contributed by atoms with Crippen LogP contribution in [0.1, 0.15) is 70.4 Å². The highest BCUT2D eigenvalue weighted by Gasteiger charge is 2.27. The second-order valence-corrected chi connectivity index (χ2v) is 11.2. The van der Waals surface area contributed by atoms with Crippen LogP contribution in [0.4, 0.5) is 0 Å². The van der Waals surface area contributed by atoms with Gasteiger partial charge in [0.25, 0.3) is 0 Å². The summed E-state index contributed by atoms with van der Waals surface area (Å²) in [5.41, 5.74) is 2.78. The molecular weight excluding hydrogens is 470 g/mol. The van der Waals surface area contributed by atoms with Crippen molar-refractivity contribution in [1.29, 1.82) is 0 Å². The number of hydrogen-bond donors (Lipinski definition) is 1. The van der Waals surface area contributed by atoms with Gasteiger partial charge in [-0.25, -0.2) is 4.98 Å². The zero-order valence-electron chi connectivity index (χ0n) is 22.9. The van der Waals surface area contributed by atoms with Gasteiger partial charge in [-0.3, -0.25) is 14.4 Å². The first-order valence-corrected chi connectivity index (χ1v) is 14.0. The minimum Gasteiger partial charge on any atom is -0.353 e. The summed E-state index contributed by atoms with van der Waals surface area (Å²) in [4.78, 5) is 45.1. The average molecular weight is 514 g/mol. The number of carbonyl (C=O) groups is 3. The molecule has 0 unspecified atom stereocenters. The molecule has 2 rings (SSSR count). The summed E-state index contributed by atoms with van der Waals surface area (Å²) < 4.78 is 1.11. The first-order valence-electron chi connectivity index (χ1n) is 13.1. The van der Waals surface area contributed by atoms with Gasteiger partial charge < -0.3 is 10.2 Å². The van der Waals surface area contributed by atoms with Crippen LogP contribution in [0.5, 0.6) is 0 Å². The Bertz CT molecular complexity index is 1060. The van der Waals surface area contributed by atoms with Crippen LogP contribution in [-0.4, -0.2) is 54.0 Å². The number of hydrogen-bond acceptors (Lipinski definition) is 6. The molecule has 0 bridgehead atoms. The van der Waals surface area contributed by atoms with Crippen LogP contribution >= 0.6 is 11.3 Å². The summed E-state index contributed by atoms with van der Waals surface area (Å²) in [6.07, 6.45) is 3.78. The van der Waals surface area contributed by atoms with E-state index in [1.54, 1.807) is 11.3 Å². The summed E-state index contributed by atoms with van der Waals surface area (Å²) in [6, 6.07) is 6.13. The van der Waals surface area contributed by atoms with E-state index < -0.39 is 5.92 Å². The molecule has 0 radical (unpaired) electrons. The molecule has 0 aliphatic heterocycles. The van der Waals surface area contributed by atoms with Crippen molar-refractivity contribution in [2.75, 3.05) is 20.6 Å². The van der Waals surface area contributed by atoms with Gasteiger partial charge >= 0.3 is 0 Å². The molecule has 0 aliphatic rings. The van der Waals surface area contributed by atoms with Crippen molar-refractivity contribution in [2.24, 2.45) is 11.8 Å². The number of aryl methyl sites for hydroxylation is 1. The second kappa shape index (κ2) is 14.4. The molecule has 0 fully saturated rings. The number of rotatable bonds is 16. The Kier molecular flexibility index (Phi) is 11.9. The topological polar surface area (TPSA) is 79.4 Å². The van der Waals surface area contributed by atoms with Crippen LogP contribution in [-0.2, 0) is 27.2 Å². The maximum atomic E-state index is 13.5. The molecule has 0 saturated carbocycles. The normalized spacial score (nSPS) is 14.0. The van der Waals surface area contributed by atoms with Crippen molar-refractivity contribution >= 4 is 39.0 Å². The summed E-state index contributed by atoms with van der Waals surface area (Å²) in [7, 11) is 3.82. The van der Waals surface area contributed by atoms with Crippen molar-refractivity contribution in [3.8, 4) is 0 Å². The second-order valence-electron chi connectivity index (χ2n) is 10.1. The highest BCUT2D eigenvalue weighted by atomic mass is 32.1. The van der Waals surface area contributed by atoms with Gasteiger partial charge in [0.15, 0.2) is 5.78 Å². The Balaban J connectivity index is 2.16. The molecular formula is C29H43N3O3S. The average Bonchev–Trinajstić information content (AvgIpc) is 3.25. The Morgan fingerprint density at radius 3 is 2.50 bits per heavy atom. The lowest BCUT2D eigenvalue weighted by atomic mass is 9.91. The fraction of sp³-hybridized carbons (Fsp3) is 0.586. The van der Waals surface area contributed by atoms with Gasteiger partial charge in [0.1, 0.15) is 5.78 Å². The van der Waals surface area contributed by atoms with Gasteiger partial charge in [-0.15, -0.1) is 11.3 Å². The Morgan fingerprint density at radius 2 is 1.89 bits per heavy atom. The predicted molar refractivity (Wildman–Crippen MR) is 149 cm³/mol. The number of carbonyl (C=O) groups excluding carboxylic acids is 3. The molecule has 1 N–H and O–H groups in total. The fourth-order valence-corrected chi connectivity index (χ4v) is 5.34. The third-order valence-electron chi connectivity index (χ3n) is 6.81. The molecule has 2 aromatic rings. The van der Waals surface area contributed by atoms with E-state index in [1.165, 1.54) is 5.56 Å². The van der Waals surface area contributed by atoms with E-state index in [0.717, 1.165) is 28.1 Å². The number of likely N-dealkylation sites (N-methyl/N-ethyl adjacent to an activating group) is 1. The summed E-state index contributed by atoms with van der Waals surface area (Å²) >= 11 is 1.60. The quantitative estimate of drug-likeness (QED) is 0.305. The van der Waals surface area contributed by atoms with Crippen LogP contribution in [0.25, 0.3) is 10.2 Å². The van der Waals surface area contributed by atoms with Gasteiger partial charge in [0.05, 0.1) is 21.1 Å². The Hall–Kier alpha value is -2.38. The molecule has 0 aliphatic carbocycles. The lowest BCUT2D eigenvalue weighted by Crippen LogP contribution is -2.43. The van der Waals surface area contributed by atoms with Crippen LogP contribution in [0.2, 0.25) is 0 Å². The summed E-state index contributed by atoms with van der Waals surface area (Å²) in [5, 5.41) is 4.07.